The number of methoxy groups -OCH3 is 1. The summed E-state index contributed by atoms with van der Waals surface area (Å²) in [6, 6.07) is 0.962. The van der Waals surface area contributed by atoms with Crippen LogP contribution in [0.25, 0.3) is 0 Å². The van der Waals surface area contributed by atoms with Crippen molar-refractivity contribution in [3.63, 3.8) is 0 Å². The first kappa shape index (κ1) is 25.0. The molecule has 1 aromatic rings. The lowest BCUT2D eigenvalue weighted by atomic mass is 10.1. The van der Waals surface area contributed by atoms with Gasteiger partial charge in [0.1, 0.15) is 6.04 Å². The maximum Gasteiger partial charge on any atom is 0.456 e. The molecule has 0 radical (unpaired) electrons. The number of halogens is 5. The Labute approximate surface area is 165 Å². The van der Waals surface area contributed by atoms with Crippen molar-refractivity contribution in [1.29, 1.82) is 0 Å². The zero-order chi connectivity index (χ0) is 23.1. The molecule has 0 heterocycles. The van der Waals surface area contributed by atoms with Crippen LogP contribution in [0.5, 0.6) is 5.75 Å². The van der Waals surface area contributed by atoms with E-state index in [-0.39, 0.29) is 19.4 Å². The Bertz CT molecular complexity index is 786. The van der Waals surface area contributed by atoms with Gasteiger partial charge in [-0.05, 0) is 18.9 Å². The van der Waals surface area contributed by atoms with Gasteiger partial charge < -0.3 is 19.9 Å². The van der Waals surface area contributed by atoms with Gasteiger partial charge in [-0.1, -0.05) is 0 Å². The van der Waals surface area contributed by atoms with Crippen molar-refractivity contribution in [2.45, 2.75) is 31.0 Å². The highest BCUT2D eigenvalue weighted by atomic mass is 19.4. The molecule has 0 fully saturated rings. The number of nitrogens with zero attached hydrogens (tertiary/aromatic N) is 1. The number of benzene rings is 1. The van der Waals surface area contributed by atoms with Gasteiger partial charge in [0.15, 0.2) is 12.4 Å². The van der Waals surface area contributed by atoms with E-state index in [9.17, 15) is 41.7 Å². The van der Waals surface area contributed by atoms with Crippen LogP contribution in [0.3, 0.4) is 0 Å². The standard InChI is InChI=1S/C16H17F5N2O7/c1-29-14(26)10(3-2-6-24)22-13(25)9-4-5-11(23(27)28)12(7-9)30-8-15(17,18)16(19,20)21/h4-5,7,10,24H,2-3,6,8H2,1H3,(H,22,25)/t10-/m0/s1. The number of amides is 1. The van der Waals surface area contributed by atoms with Crippen LogP contribution in [0.4, 0.5) is 27.6 Å². The summed E-state index contributed by atoms with van der Waals surface area (Å²) in [6.45, 7) is -2.55. The zero-order valence-electron chi connectivity index (χ0n) is 15.4. The summed E-state index contributed by atoms with van der Waals surface area (Å²) >= 11 is 0. The maximum atomic E-state index is 13.1. The Balaban J connectivity index is 3.11. The smallest absolute Gasteiger partial charge is 0.456 e. The molecule has 0 saturated heterocycles. The number of carbonyl (C=O) groups is 2. The second-order valence-corrected chi connectivity index (χ2v) is 5.85. The van der Waals surface area contributed by atoms with E-state index in [0.717, 1.165) is 13.2 Å². The number of aliphatic hydroxyl groups is 1. The van der Waals surface area contributed by atoms with Gasteiger partial charge in [0.05, 0.1) is 12.0 Å². The van der Waals surface area contributed by atoms with E-state index in [0.29, 0.717) is 12.1 Å². The average Bonchev–Trinajstić information content (AvgIpc) is 2.67. The summed E-state index contributed by atoms with van der Waals surface area (Å²) < 4.78 is 71.7. The van der Waals surface area contributed by atoms with Crippen molar-refractivity contribution in [3.8, 4) is 5.75 Å². The Kier molecular flexibility index (Phi) is 8.45. The monoisotopic (exact) mass is 444 g/mol. The van der Waals surface area contributed by atoms with E-state index < -0.39 is 58.5 Å². The lowest BCUT2D eigenvalue weighted by Crippen LogP contribution is -2.42. The SMILES string of the molecule is COC(=O)[C@H](CCCO)NC(=O)c1ccc([N+](=O)[O-])c(OCC(F)(F)C(F)(F)F)c1. The summed E-state index contributed by atoms with van der Waals surface area (Å²) in [5.74, 6) is -8.16. The van der Waals surface area contributed by atoms with Crippen molar-refractivity contribution in [3.05, 3.63) is 33.9 Å². The summed E-state index contributed by atoms with van der Waals surface area (Å²) in [5, 5.41) is 22.0. The third-order valence-electron chi connectivity index (χ3n) is 3.68. The van der Waals surface area contributed by atoms with Gasteiger partial charge in [-0.25, -0.2) is 4.79 Å². The largest absolute Gasteiger partial charge is 0.480 e. The van der Waals surface area contributed by atoms with Gasteiger partial charge in [-0.2, -0.15) is 22.0 Å². The van der Waals surface area contributed by atoms with Crippen LogP contribution in [0.2, 0.25) is 0 Å². The number of rotatable bonds is 10. The minimum Gasteiger partial charge on any atom is -0.480 e. The number of ether oxygens (including phenoxy) is 2. The summed E-state index contributed by atoms with van der Waals surface area (Å²) in [7, 11) is 1.04. The van der Waals surface area contributed by atoms with Crippen LogP contribution in [-0.2, 0) is 9.53 Å². The highest BCUT2D eigenvalue weighted by molar-refractivity contribution is 5.97. The normalized spacial score (nSPS) is 12.8. The molecule has 1 rings (SSSR count). The van der Waals surface area contributed by atoms with Crippen molar-refractivity contribution in [2.24, 2.45) is 0 Å². The number of nitro benzene ring substituents is 1. The van der Waals surface area contributed by atoms with Crippen LogP contribution in [-0.4, -0.2) is 60.4 Å². The average molecular weight is 444 g/mol. The van der Waals surface area contributed by atoms with Crippen LogP contribution in [0, 0.1) is 10.1 Å². The van der Waals surface area contributed by atoms with Gasteiger partial charge in [-0.3, -0.25) is 14.9 Å². The molecule has 168 valence electrons. The highest BCUT2D eigenvalue weighted by Crippen LogP contribution is 2.37. The first-order valence-corrected chi connectivity index (χ1v) is 8.19. The van der Waals surface area contributed by atoms with E-state index in [2.05, 4.69) is 14.8 Å². The van der Waals surface area contributed by atoms with Gasteiger partial charge >= 0.3 is 23.8 Å². The van der Waals surface area contributed by atoms with E-state index in [1.165, 1.54) is 0 Å². The lowest BCUT2D eigenvalue weighted by molar-refractivity contribution is -0.386. The number of alkyl halides is 5. The first-order chi connectivity index (χ1) is 13.8. The Morgan fingerprint density at radius 2 is 1.90 bits per heavy atom. The molecule has 1 amide bonds. The molecule has 1 atom stereocenters. The van der Waals surface area contributed by atoms with Gasteiger partial charge in [-0.15, -0.1) is 0 Å². The fourth-order valence-corrected chi connectivity index (χ4v) is 2.10. The third-order valence-corrected chi connectivity index (χ3v) is 3.68. The first-order valence-electron chi connectivity index (χ1n) is 8.19. The molecule has 0 aliphatic heterocycles. The van der Waals surface area contributed by atoms with Crippen molar-refractivity contribution in [1.82, 2.24) is 5.32 Å². The molecule has 0 aliphatic rings. The highest BCUT2D eigenvalue weighted by Gasteiger charge is 2.58. The van der Waals surface area contributed by atoms with Crippen LogP contribution >= 0.6 is 0 Å². The van der Waals surface area contributed by atoms with E-state index in [4.69, 9.17) is 5.11 Å². The number of nitro groups is 1. The predicted molar refractivity (Wildman–Crippen MR) is 89.2 cm³/mol. The fourth-order valence-electron chi connectivity index (χ4n) is 2.10. The molecule has 9 nitrogen and oxygen atoms in total. The fraction of sp³-hybridized carbons (Fsp3) is 0.500. The van der Waals surface area contributed by atoms with Gasteiger partial charge in [0.25, 0.3) is 5.91 Å². The lowest BCUT2D eigenvalue weighted by Gasteiger charge is -2.20. The zero-order valence-corrected chi connectivity index (χ0v) is 15.4. The van der Waals surface area contributed by atoms with Crippen LogP contribution in [0.1, 0.15) is 23.2 Å². The molecule has 0 spiro atoms. The number of nitrogens with one attached hydrogen (secondary N) is 1. The van der Waals surface area contributed by atoms with Crippen molar-refractivity contribution < 1.29 is 51.0 Å². The molecule has 0 aromatic heterocycles. The second-order valence-electron chi connectivity index (χ2n) is 5.85. The predicted octanol–water partition coefficient (Wildman–Crippen LogP) is 2.22. The van der Waals surface area contributed by atoms with E-state index in [1.807, 2.05) is 0 Å². The summed E-state index contributed by atoms with van der Waals surface area (Å²) in [5.41, 5.74) is -1.36. The Hall–Kier alpha value is -3.03. The molecule has 1 aromatic carbocycles. The molecule has 0 aliphatic carbocycles. The Morgan fingerprint density at radius 1 is 1.27 bits per heavy atom. The number of hydrogen-bond acceptors (Lipinski definition) is 7. The Morgan fingerprint density at radius 3 is 2.40 bits per heavy atom. The van der Waals surface area contributed by atoms with E-state index in [1.54, 1.807) is 0 Å². The third kappa shape index (κ3) is 6.50. The number of aliphatic hydroxyl groups excluding tert-OH is 1. The number of esters is 1. The minimum absolute atomic E-state index is 0.0247. The van der Waals surface area contributed by atoms with E-state index >= 15 is 0 Å². The van der Waals surface area contributed by atoms with Crippen LogP contribution < -0.4 is 10.1 Å². The molecule has 30 heavy (non-hydrogen) atoms. The number of hydrogen-bond donors (Lipinski definition) is 2. The van der Waals surface area contributed by atoms with Crippen LogP contribution in [0.15, 0.2) is 18.2 Å². The molecule has 14 heteroatoms. The van der Waals surface area contributed by atoms with Gasteiger partial charge in [0, 0.05) is 24.3 Å². The molecule has 0 unspecified atom stereocenters. The topological polar surface area (TPSA) is 128 Å². The summed E-state index contributed by atoms with van der Waals surface area (Å²) in [6.07, 6.45) is -5.86. The molecule has 0 bridgehead atoms. The maximum absolute atomic E-state index is 13.1. The number of carbonyl (C=O) groups excluding carboxylic acids is 2. The second kappa shape index (κ2) is 10.1. The molecular weight excluding hydrogens is 427 g/mol. The van der Waals surface area contributed by atoms with Crippen molar-refractivity contribution in [2.75, 3.05) is 20.3 Å². The van der Waals surface area contributed by atoms with Crippen molar-refractivity contribution >= 4 is 17.6 Å². The molecule has 0 saturated carbocycles. The quantitative estimate of drug-likeness (QED) is 0.245. The van der Waals surface area contributed by atoms with Gasteiger partial charge in [0.2, 0.25) is 0 Å². The summed E-state index contributed by atoms with van der Waals surface area (Å²) in [4.78, 5) is 33.9. The molecular formula is C16H17F5N2O7. The minimum atomic E-state index is -5.95. The molecule has 2 N–H and O–H groups in total.